The van der Waals surface area contributed by atoms with Crippen LogP contribution in [0.5, 0.6) is 0 Å². The van der Waals surface area contributed by atoms with Gasteiger partial charge in [0.2, 0.25) is 0 Å². The first-order chi connectivity index (χ1) is 15.7. The summed E-state index contributed by atoms with van der Waals surface area (Å²) in [5, 5.41) is 5.04. The molecule has 0 amide bonds. The summed E-state index contributed by atoms with van der Waals surface area (Å²) in [4.78, 5) is 15.5. The summed E-state index contributed by atoms with van der Waals surface area (Å²) in [6, 6.07) is 9.98. The Morgan fingerprint density at radius 1 is 1.06 bits per heavy atom. The van der Waals surface area contributed by atoms with Gasteiger partial charge in [0.1, 0.15) is 17.8 Å². The lowest BCUT2D eigenvalue weighted by Gasteiger charge is -2.40. The number of hydrogen-bond donors (Lipinski definition) is 2. The Labute approximate surface area is 188 Å². The van der Waals surface area contributed by atoms with Crippen molar-refractivity contribution < 1.29 is 4.74 Å². The van der Waals surface area contributed by atoms with Gasteiger partial charge in [0.25, 0.3) is 0 Å². The first-order valence-electron chi connectivity index (χ1n) is 12.2. The quantitative estimate of drug-likeness (QED) is 0.651. The molecule has 2 saturated heterocycles. The number of nitrogens with zero attached hydrogens (tertiary/aromatic N) is 3. The van der Waals surface area contributed by atoms with Crippen LogP contribution in [0.2, 0.25) is 0 Å². The van der Waals surface area contributed by atoms with E-state index in [1.807, 2.05) is 0 Å². The molecule has 2 aromatic heterocycles. The van der Waals surface area contributed by atoms with Crippen LogP contribution in [0.4, 0.5) is 5.82 Å². The van der Waals surface area contributed by atoms with Gasteiger partial charge in [-0.2, -0.15) is 0 Å². The molecule has 1 saturated carbocycles. The summed E-state index contributed by atoms with van der Waals surface area (Å²) >= 11 is 0. The second-order valence-electron chi connectivity index (χ2n) is 10.4. The Hall–Kier alpha value is -2.44. The number of likely N-dealkylation sites (tertiary alicyclic amines) is 1. The van der Waals surface area contributed by atoms with Gasteiger partial charge in [0.15, 0.2) is 0 Å². The SMILES string of the molecule is Cc1ccc2c(c1)CC[C@H](N1C[C@H]3COC[C@H]3C1)[C@H]2Nc1ncnc2[nH]c(C3CC3)cc12. The van der Waals surface area contributed by atoms with E-state index in [1.165, 1.54) is 41.6 Å². The zero-order chi connectivity index (χ0) is 21.2. The third-order valence-electron chi connectivity index (χ3n) is 8.22. The fourth-order valence-electron chi connectivity index (χ4n) is 6.33. The summed E-state index contributed by atoms with van der Waals surface area (Å²) in [5.74, 6) is 3.04. The molecule has 32 heavy (non-hydrogen) atoms. The number of fused-ring (bicyclic) bond motifs is 3. The minimum Gasteiger partial charge on any atom is -0.381 e. The summed E-state index contributed by atoms with van der Waals surface area (Å²) in [6.45, 7) is 6.38. The summed E-state index contributed by atoms with van der Waals surface area (Å²) in [7, 11) is 0. The second-order valence-corrected chi connectivity index (χ2v) is 10.4. The maximum absolute atomic E-state index is 5.75. The average Bonchev–Trinajstić information content (AvgIpc) is 3.20. The molecule has 3 aromatic rings. The van der Waals surface area contributed by atoms with E-state index in [-0.39, 0.29) is 6.04 Å². The second kappa shape index (κ2) is 7.29. The molecule has 4 atom stereocenters. The van der Waals surface area contributed by atoms with E-state index in [0.717, 1.165) is 49.6 Å². The Balaban J connectivity index is 1.26. The standard InChI is InChI=1S/C26H31N5O/c1-15-2-6-20-17(8-15)5-7-23(31-10-18-12-32-13-19(18)11-31)24(20)30-26-21-9-22(16-3-4-16)29-25(21)27-14-28-26/h2,6,8-9,14,16,18-19,23-24H,3-5,7,10-13H2,1H3,(H2,27,28,29,30)/t18-,19+,23-,24-/m0/s1. The van der Waals surface area contributed by atoms with Crippen LogP contribution in [-0.2, 0) is 11.2 Å². The van der Waals surface area contributed by atoms with Gasteiger partial charge >= 0.3 is 0 Å². The van der Waals surface area contributed by atoms with Gasteiger partial charge in [0.05, 0.1) is 24.6 Å². The summed E-state index contributed by atoms with van der Waals surface area (Å²) in [6.07, 6.45) is 6.59. The van der Waals surface area contributed by atoms with Gasteiger partial charge in [-0.3, -0.25) is 4.90 Å². The third-order valence-corrected chi connectivity index (χ3v) is 8.22. The van der Waals surface area contributed by atoms with Crippen LogP contribution in [0.25, 0.3) is 11.0 Å². The molecule has 0 spiro atoms. The highest BCUT2D eigenvalue weighted by atomic mass is 16.5. The molecule has 7 rings (SSSR count). The Kier molecular flexibility index (Phi) is 4.34. The molecule has 3 fully saturated rings. The average molecular weight is 430 g/mol. The number of nitrogens with one attached hydrogen (secondary N) is 2. The van der Waals surface area contributed by atoms with Crippen LogP contribution < -0.4 is 5.32 Å². The predicted molar refractivity (Wildman–Crippen MR) is 125 cm³/mol. The lowest BCUT2D eigenvalue weighted by Crippen LogP contribution is -2.44. The smallest absolute Gasteiger partial charge is 0.143 e. The van der Waals surface area contributed by atoms with E-state index < -0.39 is 0 Å². The van der Waals surface area contributed by atoms with Crippen molar-refractivity contribution in [2.24, 2.45) is 11.8 Å². The number of aromatic nitrogens is 3. The maximum atomic E-state index is 5.75. The zero-order valence-corrected chi connectivity index (χ0v) is 18.7. The lowest BCUT2D eigenvalue weighted by atomic mass is 9.82. The lowest BCUT2D eigenvalue weighted by molar-refractivity contribution is 0.127. The molecule has 4 aliphatic rings. The molecule has 6 heteroatoms. The van der Waals surface area contributed by atoms with Crippen LogP contribution in [-0.4, -0.2) is 52.2 Å². The van der Waals surface area contributed by atoms with E-state index in [4.69, 9.17) is 9.72 Å². The number of aryl methyl sites for hydroxylation is 2. The Morgan fingerprint density at radius 2 is 1.91 bits per heavy atom. The molecular weight excluding hydrogens is 398 g/mol. The van der Waals surface area contributed by atoms with E-state index >= 15 is 0 Å². The molecule has 1 aromatic carbocycles. The van der Waals surface area contributed by atoms with Crippen molar-refractivity contribution in [1.29, 1.82) is 0 Å². The van der Waals surface area contributed by atoms with Crippen LogP contribution in [0, 0.1) is 18.8 Å². The molecule has 2 aliphatic carbocycles. The van der Waals surface area contributed by atoms with Crippen molar-refractivity contribution >= 4 is 16.9 Å². The van der Waals surface area contributed by atoms with Gasteiger partial charge in [-0.1, -0.05) is 23.8 Å². The molecule has 0 radical (unpaired) electrons. The highest BCUT2D eigenvalue weighted by Gasteiger charge is 2.43. The summed E-state index contributed by atoms with van der Waals surface area (Å²) in [5.41, 5.74) is 6.53. The van der Waals surface area contributed by atoms with E-state index in [2.05, 4.69) is 51.4 Å². The number of rotatable bonds is 4. The first kappa shape index (κ1) is 19.1. The van der Waals surface area contributed by atoms with Crippen molar-refractivity contribution in [3.8, 4) is 0 Å². The molecule has 0 bridgehead atoms. The molecule has 2 N–H and O–H groups in total. The molecule has 0 unspecified atom stereocenters. The van der Waals surface area contributed by atoms with Crippen LogP contribution in [0.15, 0.2) is 30.6 Å². The fraction of sp³-hybridized carbons (Fsp3) is 0.538. The maximum Gasteiger partial charge on any atom is 0.143 e. The Bertz CT molecular complexity index is 1160. The minimum atomic E-state index is 0.233. The predicted octanol–water partition coefficient (Wildman–Crippen LogP) is 4.19. The van der Waals surface area contributed by atoms with Crippen LogP contribution in [0.3, 0.4) is 0 Å². The molecular formula is C26H31N5O. The van der Waals surface area contributed by atoms with Crippen molar-refractivity contribution in [3.63, 3.8) is 0 Å². The van der Waals surface area contributed by atoms with Crippen molar-refractivity contribution in [3.05, 3.63) is 53.0 Å². The monoisotopic (exact) mass is 429 g/mol. The van der Waals surface area contributed by atoms with Crippen molar-refractivity contribution in [1.82, 2.24) is 19.9 Å². The fourth-order valence-corrected chi connectivity index (χ4v) is 6.33. The van der Waals surface area contributed by atoms with Crippen LogP contribution >= 0.6 is 0 Å². The van der Waals surface area contributed by atoms with Crippen molar-refractivity contribution in [2.45, 2.75) is 50.6 Å². The van der Waals surface area contributed by atoms with E-state index in [9.17, 15) is 0 Å². The zero-order valence-electron chi connectivity index (χ0n) is 18.7. The number of anilines is 1. The number of aromatic amines is 1. The third kappa shape index (κ3) is 3.15. The molecule has 166 valence electrons. The normalized spacial score (nSPS) is 29.9. The number of H-pyrrole nitrogens is 1. The van der Waals surface area contributed by atoms with Gasteiger partial charge in [0, 0.05) is 36.7 Å². The highest BCUT2D eigenvalue weighted by molar-refractivity contribution is 5.88. The minimum absolute atomic E-state index is 0.233. The number of hydrogen-bond acceptors (Lipinski definition) is 5. The largest absolute Gasteiger partial charge is 0.381 e. The molecule has 6 nitrogen and oxygen atoms in total. The van der Waals surface area contributed by atoms with Gasteiger partial charge in [-0.25, -0.2) is 9.97 Å². The molecule has 4 heterocycles. The van der Waals surface area contributed by atoms with Gasteiger partial charge in [-0.15, -0.1) is 0 Å². The van der Waals surface area contributed by atoms with E-state index in [1.54, 1.807) is 6.33 Å². The van der Waals surface area contributed by atoms with Crippen molar-refractivity contribution in [2.75, 3.05) is 31.6 Å². The topological polar surface area (TPSA) is 66.1 Å². The highest BCUT2D eigenvalue weighted by Crippen LogP contribution is 2.43. The summed E-state index contributed by atoms with van der Waals surface area (Å²) < 4.78 is 5.75. The number of ether oxygens (including phenoxy) is 1. The number of benzene rings is 1. The Morgan fingerprint density at radius 3 is 2.72 bits per heavy atom. The molecule has 2 aliphatic heterocycles. The van der Waals surface area contributed by atoms with Gasteiger partial charge in [-0.05, 0) is 55.7 Å². The van der Waals surface area contributed by atoms with Crippen LogP contribution in [0.1, 0.15) is 53.6 Å². The first-order valence-corrected chi connectivity index (χ1v) is 12.2. The van der Waals surface area contributed by atoms with Gasteiger partial charge < -0.3 is 15.0 Å². The van der Waals surface area contributed by atoms with E-state index in [0.29, 0.717) is 23.8 Å².